The van der Waals surface area contributed by atoms with Crippen molar-refractivity contribution in [3.8, 4) is 0 Å². The molecule has 2 aromatic rings. The second-order valence-corrected chi connectivity index (χ2v) is 4.98. The predicted octanol–water partition coefficient (Wildman–Crippen LogP) is 2.66. The van der Waals surface area contributed by atoms with Crippen LogP contribution in [0, 0.1) is 27.7 Å². The van der Waals surface area contributed by atoms with E-state index in [1.807, 2.05) is 11.6 Å². The molecule has 0 aliphatic carbocycles. The molecule has 0 aliphatic heterocycles. The lowest BCUT2D eigenvalue weighted by Gasteiger charge is -2.20. The Morgan fingerprint density at radius 3 is 2.44 bits per heavy atom. The van der Waals surface area contributed by atoms with Crippen molar-refractivity contribution in [1.82, 2.24) is 9.78 Å². The van der Waals surface area contributed by atoms with Gasteiger partial charge in [-0.1, -0.05) is 23.8 Å². The van der Waals surface area contributed by atoms with Gasteiger partial charge in [0.05, 0.1) is 11.7 Å². The van der Waals surface area contributed by atoms with Crippen LogP contribution in [-0.4, -0.2) is 16.3 Å². The van der Waals surface area contributed by atoms with Gasteiger partial charge in [0.25, 0.3) is 0 Å². The lowest BCUT2D eigenvalue weighted by atomic mass is 9.99. The van der Waals surface area contributed by atoms with Gasteiger partial charge in [-0.15, -0.1) is 0 Å². The van der Waals surface area contributed by atoms with Gasteiger partial charge in [-0.05, 0) is 44.9 Å². The fourth-order valence-corrected chi connectivity index (χ4v) is 2.44. The van der Waals surface area contributed by atoms with E-state index in [0.717, 1.165) is 11.4 Å². The van der Waals surface area contributed by atoms with Crippen LogP contribution < -0.4 is 5.73 Å². The third-order valence-electron chi connectivity index (χ3n) is 3.36. The number of rotatable bonds is 3. The Labute approximate surface area is 109 Å². The molecule has 96 valence electrons. The Hall–Kier alpha value is -1.61. The molecule has 2 N–H and O–H groups in total. The predicted molar refractivity (Wildman–Crippen MR) is 74.8 cm³/mol. The van der Waals surface area contributed by atoms with Gasteiger partial charge in [-0.2, -0.15) is 5.10 Å². The summed E-state index contributed by atoms with van der Waals surface area (Å²) in [6.45, 7) is 8.89. The summed E-state index contributed by atoms with van der Waals surface area (Å²) in [5.74, 6) is 0. The SMILES string of the molecule is Cc1ccc(C)c(C(CN)n2nc(C)cc2C)c1. The van der Waals surface area contributed by atoms with Crippen molar-refractivity contribution >= 4 is 0 Å². The van der Waals surface area contributed by atoms with Crippen molar-refractivity contribution in [3.05, 3.63) is 52.3 Å². The van der Waals surface area contributed by atoms with Crippen molar-refractivity contribution in [3.63, 3.8) is 0 Å². The van der Waals surface area contributed by atoms with Crippen LogP contribution in [-0.2, 0) is 0 Å². The van der Waals surface area contributed by atoms with Crippen LogP contribution >= 0.6 is 0 Å². The molecule has 1 heterocycles. The first-order valence-electron chi connectivity index (χ1n) is 6.33. The van der Waals surface area contributed by atoms with Crippen LogP contribution in [0.1, 0.15) is 34.1 Å². The topological polar surface area (TPSA) is 43.8 Å². The van der Waals surface area contributed by atoms with Gasteiger partial charge in [-0.25, -0.2) is 0 Å². The number of aromatic nitrogens is 2. The molecular weight excluding hydrogens is 222 g/mol. The standard InChI is InChI=1S/C15H21N3/c1-10-5-6-11(2)14(7-10)15(9-16)18-13(4)8-12(3)17-18/h5-8,15H,9,16H2,1-4H3. The van der Waals surface area contributed by atoms with E-state index in [4.69, 9.17) is 5.73 Å². The molecule has 1 atom stereocenters. The maximum Gasteiger partial charge on any atom is 0.0896 e. The molecule has 0 saturated heterocycles. The van der Waals surface area contributed by atoms with Gasteiger partial charge in [0.1, 0.15) is 0 Å². The highest BCUT2D eigenvalue weighted by Gasteiger charge is 2.17. The van der Waals surface area contributed by atoms with E-state index in [1.54, 1.807) is 0 Å². The molecule has 1 aromatic heterocycles. The van der Waals surface area contributed by atoms with E-state index in [2.05, 4.69) is 50.1 Å². The van der Waals surface area contributed by atoms with E-state index >= 15 is 0 Å². The third-order valence-corrected chi connectivity index (χ3v) is 3.36. The van der Waals surface area contributed by atoms with Gasteiger partial charge in [-0.3, -0.25) is 4.68 Å². The van der Waals surface area contributed by atoms with Crippen LogP contribution in [0.3, 0.4) is 0 Å². The third kappa shape index (κ3) is 2.31. The van der Waals surface area contributed by atoms with E-state index in [-0.39, 0.29) is 6.04 Å². The molecule has 0 amide bonds. The Bertz CT molecular complexity index is 555. The minimum atomic E-state index is 0.124. The summed E-state index contributed by atoms with van der Waals surface area (Å²) in [7, 11) is 0. The highest BCUT2D eigenvalue weighted by Crippen LogP contribution is 2.23. The molecule has 0 bridgehead atoms. The number of hydrogen-bond acceptors (Lipinski definition) is 2. The number of aryl methyl sites for hydroxylation is 4. The van der Waals surface area contributed by atoms with Crippen LogP contribution in [0.4, 0.5) is 0 Å². The number of nitrogens with two attached hydrogens (primary N) is 1. The van der Waals surface area contributed by atoms with Gasteiger partial charge in [0, 0.05) is 12.2 Å². The van der Waals surface area contributed by atoms with E-state index in [1.165, 1.54) is 16.7 Å². The number of benzene rings is 1. The highest BCUT2D eigenvalue weighted by atomic mass is 15.3. The summed E-state index contributed by atoms with van der Waals surface area (Å²) < 4.78 is 2.04. The maximum absolute atomic E-state index is 5.97. The molecular formula is C15H21N3. The van der Waals surface area contributed by atoms with Crippen LogP contribution in [0.25, 0.3) is 0 Å². The molecule has 3 nitrogen and oxygen atoms in total. The summed E-state index contributed by atoms with van der Waals surface area (Å²) in [6, 6.07) is 8.71. The first-order valence-corrected chi connectivity index (χ1v) is 6.33. The molecule has 2 rings (SSSR count). The molecule has 0 radical (unpaired) electrons. The fraction of sp³-hybridized carbons (Fsp3) is 0.400. The lowest BCUT2D eigenvalue weighted by Crippen LogP contribution is -2.23. The summed E-state index contributed by atoms with van der Waals surface area (Å²) in [5.41, 5.74) is 12.0. The molecule has 0 spiro atoms. The quantitative estimate of drug-likeness (QED) is 0.900. The summed E-state index contributed by atoms with van der Waals surface area (Å²) in [5, 5.41) is 4.57. The van der Waals surface area contributed by atoms with Gasteiger partial charge in [0.15, 0.2) is 0 Å². The largest absolute Gasteiger partial charge is 0.328 e. The minimum Gasteiger partial charge on any atom is -0.328 e. The molecule has 1 aromatic carbocycles. The zero-order valence-corrected chi connectivity index (χ0v) is 11.6. The molecule has 1 unspecified atom stereocenters. The lowest BCUT2D eigenvalue weighted by molar-refractivity contribution is 0.514. The zero-order valence-electron chi connectivity index (χ0n) is 11.6. The summed E-state index contributed by atoms with van der Waals surface area (Å²) in [6.07, 6.45) is 0. The fourth-order valence-electron chi connectivity index (χ4n) is 2.44. The molecule has 0 fully saturated rings. The van der Waals surface area contributed by atoms with E-state index < -0.39 is 0 Å². The van der Waals surface area contributed by atoms with Crippen molar-refractivity contribution in [2.24, 2.45) is 5.73 Å². The number of hydrogen-bond donors (Lipinski definition) is 1. The monoisotopic (exact) mass is 243 g/mol. The summed E-state index contributed by atoms with van der Waals surface area (Å²) >= 11 is 0. The molecule has 3 heteroatoms. The minimum absolute atomic E-state index is 0.124. The van der Waals surface area contributed by atoms with Gasteiger partial charge < -0.3 is 5.73 Å². The maximum atomic E-state index is 5.97. The van der Waals surface area contributed by atoms with Crippen LogP contribution in [0.5, 0.6) is 0 Å². The van der Waals surface area contributed by atoms with E-state index in [0.29, 0.717) is 6.54 Å². The second kappa shape index (κ2) is 4.94. The smallest absolute Gasteiger partial charge is 0.0896 e. The average Bonchev–Trinajstić information content (AvgIpc) is 2.64. The zero-order chi connectivity index (χ0) is 13.3. The normalized spacial score (nSPS) is 12.7. The van der Waals surface area contributed by atoms with Crippen molar-refractivity contribution in [2.45, 2.75) is 33.7 Å². The van der Waals surface area contributed by atoms with Crippen LogP contribution in [0.2, 0.25) is 0 Å². The first kappa shape index (κ1) is 12.8. The highest BCUT2D eigenvalue weighted by molar-refractivity contribution is 5.34. The Morgan fingerprint density at radius 1 is 1.17 bits per heavy atom. The Balaban J connectivity index is 2.51. The van der Waals surface area contributed by atoms with Crippen molar-refractivity contribution in [2.75, 3.05) is 6.54 Å². The Morgan fingerprint density at radius 2 is 1.89 bits per heavy atom. The molecule has 0 saturated carbocycles. The average molecular weight is 243 g/mol. The molecule has 0 aliphatic rings. The van der Waals surface area contributed by atoms with Gasteiger partial charge >= 0.3 is 0 Å². The second-order valence-electron chi connectivity index (χ2n) is 4.98. The van der Waals surface area contributed by atoms with E-state index in [9.17, 15) is 0 Å². The first-order chi connectivity index (χ1) is 8.52. The van der Waals surface area contributed by atoms with Crippen molar-refractivity contribution in [1.29, 1.82) is 0 Å². The Kier molecular flexibility index (Phi) is 3.53. The molecule has 18 heavy (non-hydrogen) atoms. The van der Waals surface area contributed by atoms with Crippen molar-refractivity contribution < 1.29 is 0 Å². The van der Waals surface area contributed by atoms with Crippen LogP contribution in [0.15, 0.2) is 24.3 Å². The van der Waals surface area contributed by atoms with Gasteiger partial charge in [0.2, 0.25) is 0 Å². The summed E-state index contributed by atoms with van der Waals surface area (Å²) in [4.78, 5) is 0. The number of nitrogens with zero attached hydrogens (tertiary/aromatic N) is 2.